The Balaban J connectivity index is 2.73. The first-order valence-corrected chi connectivity index (χ1v) is 25.8. The van der Waals surface area contributed by atoms with Crippen LogP contribution in [0.25, 0.3) is 0 Å². The van der Waals surface area contributed by atoms with Gasteiger partial charge < -0.3 is 29.0 Å². The van der Waals surface area contributed by atoms with Crippen molar-refractivity contribution in [3.8, 4) is 0 Å². The summed E-state index contributed by atoms with van der Waals surface area (Å²) in [7, 11) is 0. The van der Waals surface area contributed by atoms with Crippen LogP contribution in [0, 0.1) is 11.8 Å². The van der Waals surface area contributed by atoms with E-state index in [9.17, 15) is 24.3 Å². The second kappa shape index (κ2) is 40.6. The monoisotopic (exact) mass is 866 g/mol. The molecule has 1 rings (SSSR count). The fourth-order valence-electron chi connectivity index (χ4n) is 8.29. The molecule has 10 heteroatoms. The van der Waals surface area contributed by atoms with Crippen molar-refractivity contribution in [3.05, 3.63) is 0 Å². The molecule has 0 aliphatic heterocycles. The number of unbranched alkanes of at least 4 members (excludes halogenated alkanes) is 18. The average Bonchev–Trinajstić information content (AvgIpc) is 3.69. The van der Waals surface area contributed by atoms with Crippen molar-refractivity contribution in [2.45, 2.75) is 252 Å². The molecule has 0 aromatic heterocycles. The van der Waals surface area contributed by atoms with E-state index in [1.807, 2.05) is 0 Å². The first-order chi connectivity index (χ1) is 29.7. The minimum Gasteiger partial charge on any atom is -0.465 e. The molecule has 61 heavy (non-hydrogen) atoms. The molecule has 1 N–H and O–H groups in total. The van der Waals surface area contributed by atoms with Gasteiger partial charge in [0, 0.05) is 43.6 Å². The summed E-state index contributed by atoms with van der Waals surface area (Å²) in [5.41, 5.74) is 0. The number of aliphatic hydroxyl groups excluding tert-OH is 1. The highest BCUT2D eigenvalue weighted by Crippen LogP contribution is 2.26. The largest absolute Gasteiger partial charge is 0.465 e. The van der Waals surface area contributed by atoms with E-state index in [0.717, 1.165) is 148 Å². The highest BCUT2D eigenvalue weighted by Gasteiger charge is 2.28. The van der Waals surface area contributed by atoms with Gasteiger partial charge in [-0.2, -0.15) is 0 Å². The van der Waals surface area contributed by atoms with Crippen molar-refractivity contribution in [2.24, 2.45) is 11.8 Å². The molecule has 1 saturated carbocycles. The Morgan fingerprint density at radius 3 is 1.03 bits per heavy atom. The summed E-state index contributed by atoms with van der Waals surface area (Å²) < 4.78 is 22.9. The molecule has 0 aromatic carbocycles. The predicted octanol–water partition coefficient (Wildman–Crippen LogP) is 12.4. The van der Waals surface area contributed by atoms with E-state index in [-0.39, 0.29) is 68.2 Å². The van der Waals surface area contributed by atoms with E-state index in [2.05, 4.69) is 32.6 Å². The molecule has 0 aromatic rings. The van der Waals surface area contributed by atoms with Crippen LogP contribution in [-0.4, -0.2) is 85.5 Å². The number of hydrogen-bond acceptors (Lipinski definition) is 10. The van der Waals surface area contributed by atoms with Crippen LogP contribution in [0.15, 0.2) is 0 Å². The Bertz CT molecular complexity index is 939. The molecule has 1 fully saturated rings. The Morgan fingerprint density at radius 1 is 0.443 bits per heavy atom. The van der Waals surface area contributed by atoms with Crippen LogP contribution in [-0.2, 0) is 38.1 Å². The molecule has 1 aliphatic carbocycles. The van der Waals surface area contributed by atoms with Gasteiger partial charge in [0.1, 0.15) is 0 Å². The maximum absolute atomic E-state index is 12.6. The van der Waals surface area contributed by atoms with E-state index < -0.39 is 0 Å². The molecule has 0 heterocycles. The highest BCUT2D eigenvalue weighted by atomic mass is 16.6. The topological polar surface area (TPSA) is 129 Å². The standard InChI is InChI=1S/C51H95NO9/c1-5-9-13-17-21-31-48(54)58-40-44(41-59-49(55)32-22-18-14-10-6-2)29-25-27-37-52(46-35-36-47(53)39-46)38-28-26-30-45(42-60-50(56)33-23-19-15-11-7-3)43-61-51(57)34-24-20-16-12-8-4/h44-47,53H,5-43H2,1-4H3/t46-,47+/m1/s1. The van der Waals surface area contributed by atoms with E-state index in [0.29, 0.717) is 31.7 Å². The van der Waals surface area contributed by atoms with Crippen LogP contribution >= 0.6 is 0 Å². The zero-order valence-corrected chi connectivity index (χ0v) is 40.0. The quantitative estimate of drug-likeness (QED) is 0.0359. The Labute approximate surface area is 374 Å². The van der Waals surface area contributed by atoms with Crippen LogP contribution < -0.4 is 0 Å². The third-order valence-corrected chi connectivity index (χ3v) is 12.4. The third-order valence-electron chi connectivity index (χ3n) is 12.4. The van der Waals surface area contributed by atoms with Gasteiger partial charge >= 0.3 is 23.9 Å². The lowest BCUT2D eigenvalue weighted by Gasteiger charge is -2.29. The molecule has 0 bridgehead atoms. The molecule has 0 amide bonds. The molecule has 0 saturated heterocycles. The zero-order chi connectivity index (χ0) is 44.6. The number of hydrogen-bond donors (Lipinski definition) is 1. The summed E-state index contributed by atoms with van der Waals surface area (Å²) in [6, 6.07) is 0.342. The summed E-state index contributed by atoms with van der Waals surface area (Å²) in [6.45, 7) is 11.7. The lowest BCUT2D eigenvalue weighted by molar-refractivity contribution is -0.151. The average molecular weight is 866 g/mol. The normalized spacial score (nSPS) is 15.2. The van der Waals surface area contributed by atoms with E-state index in [1.54, 1.807) is 0 Å². The third kappa shape index (κ3) is 34.0. The van der Waals surface area contributed by atoms with Crippen LogP contribution in [0.4, 0.5) is 0 Å². The van der Waals surface area contributed by atoms with Gasteiger partial charge in [-0.3, -0.25) is 19.2 Å². The molecule has 2 atom stereocenters. The Morgan fingerprint density at radius 2 is 0.754 bits per heavy atom. The smallest absolute Gasteiger partial charge is 0.305 e. The Kier molecular flexibility index (Phi) is 37.8. The van der Waals surface area contributed by atoms with E-state index in [4.69, 9.17) is 18.9 Å². The maximum atomic E-state index is 12.6. The van der Waals surface area contributed by atoms with Gasteiger partial charge in [-0.25, -0.2) is 0 Å². The summed E-state index contributed by atoms with van der Waals surface area (Å²) in [5.74, 6) is -0.713. The van der Waals surface area contributed by atoms with Crippen LogP contribution in [0.3, 0.4) is 0 Å². The van der Waals surface area contributed by atoms with Crippen molar-refractivity contribution in [2.75, 3.05) is 39.5 Å². The number of carbonyl (C=O) groups is 4. The lowest BCUT2D eigenvalue weighted by Crippen LogP contribution is -2.36. The second-order valence-corrected chi connectivity index (χ2v) is 18.3. The van der Waals surface area contributed by atoms with E-state index >= 15 is 0 Å². The first-order valence-electron chi connectivity index (χ1n) is 25.8. The van der Waals surface area contributed by atoms with Crippen molar-refractivity contribution >= 4 is 23.9 Å². The van der Waals surface area contributed by atoms with Crippen LogP contribution in [0.5, 0.6) is 0 Å². The summed E-state index contributed by atoms with van der Waals surface area (Å²) in [5, 5.41) is 10.4. The summed E-state index contributed by atoms with van der Waals surface area (Å²) >= 11 is 0. The minimum absolute atomic E-state index is 0.0305. The number of nitrogens with zero attached hydrogens (tertiary/aromatic N) is 1. The molecular formula is C51H95NO9. The van der Waals surface area contributed by atoms with Gasteiger partial charge in [0.2, 0.25) is 0 Å². The van der Waals surface area contributed by atoms with Crippen molar-refractivity contribution < 1.29 is 43.2 Å². The molecular weight excluding hydrogens is 771 g/mol. The molecule has 0 unspecified atom stereocenters. The van der Waals surface area contributed by atoms with Crippen molar-refractivity contribution in [1.29, 1.82) is 0 Å². The zero-order valence-electron chi connectivity index (χ0n) is 40.0. The fourth-order valence-corrected chi connectivity index (χ4v) is 8.29. The number of carbonyl (C=O) groups excluding carboxylic acids is 4. The van der Waals surface area contributed by atoms with Gasteiger partial charge in [-0.15, -0.1) is 0 Å². The minimum atomic E-state index is -0.258. The number of esters is 4. The summed E-state index contributed by atoms with van der Waals surface area (Å²) in [6.07, 6.45) is 31.1. The molecule has 1 aliphatic rings. The molecule has 0 spiro atoms. The first kappa shape index (κ1) is 56.8. The summed E-state index contributed by atoms with van der Waals surface area (Å²) in [4.78, 5) is 52.8. The number of ether oxygens (including phenoxy) is 4. The lowest BCUT2D eigenvalue weighted by atomic mass is 10.0. The van der Waals surface area contributed by atoms with E-state index in [1.165, 1.54) is 51.4 Å². The Hall–Kier alpha value is -2.20. The maximum Gasteiger partial charge on any atom is 0.305 e. The van der Waals surface area contributed by atoms with Gasteiger partial charge in [-0.1, -0.05) is 143 Å². The van der Waals surface area contributed by atoms with Crippen LogP contribution in [0.1, 0.15) is 240 Å². The molecule has 0 radical (unpaired) electrons. The van der Waals surface area contributed by atoms with Gasteiger partial charge in [-0.05, 0) is 83.7 Å². The molecule has 358 valence electrons. The van der Waals surface area contributed by atoms with Crippen molar-refractivity contribution in [1.82, 2.24) is 4.90 Å². The number of aliphatic hydroxyl groups is 1. The van der Waals surface area contributed by atoms with Gasteiger partial charge in [0.15, 0.2) is 0 Å². The fraction of sp³-hybridized carbons (Fsp3) is 0.922. The predicted molar refractivity (Wildman–Crippen MR) is 247 cm³/mol. The molecule has 10 nitrogen and oxygen atoms in total. The second-order valence-electron chi connectivity index (χ2n) is 18.3. The highest BCUT2D eigenvalue weighted by molar-refractivity contribution is 5.70. The van der Waals surface area contributed by atoms with Crippen molar-refractivity contribution in [3.63, 3.8) is 0 Å². The van der Waals surface area contributed by atoms with Gasteiger partial charge in [0.05, 0.1) is 32.5 Å². The van der Waals surface area contributed by atoms with Crippen LogP contribution in [0.2, 0.25) is 0 Å². The number of rotatable bonds is 43. The SMILES string of the molecule is CCCCCCCC(=O)OCC(CCCCN(CCCCC(COC(=O)CCCCCCC)COC(=O)CCCCCCC)[C@@H]1CC[C@H](O)C1)COC(=O)CCCCCCC. The van der Waals surface area contributed by atoms with Gasteiger partial charge in [0.25, 0.3) is 0 Å².